The Kier molecular flexibility index (Phi) is 9.38. The first-order valence-corrected chi connectivity index (χ1v) is 10.6. The monoisotopic (exact) mass is 578 g/mol. The summed E-state index contributed by atoms with van der Waals surface area (Å²) in [7, 11) is 0. The van der Waals surface area contributed by atoms with E-state index in [-0.39, 0.29) is 11.9 Å². The van der Waals surface area contributed by atoms with Gasteiger partial charge in [-0.15, -0.1) is 0 Å². The second-order valence-electron chi connectivity index (χ2n) is 5.65. The van der Waals surface area contributed by atoms with Gasteiger partial charge >= 0.3 is 11.9 Å². The van der Waals surface area contributed by atoms with Crippen molar-refractivity contribution in [2.45, 2.75) is 25.7 Å². The molecule has 6 heteroatoms. The van der Waals surface area contributed by atoms with Crippen LogP contribution in [-0.2, 0) is 9.47 Å². The van der Waals surface area contributed by atoms with Crippen molar-refractivity contribution in [3.05, 3.63) is 66.8 Å². The number of ether oxygens (including phenoxy) is 2. The van der Waals surface area contributed by atoms with E-state index in [9.17, 15) is 9.59 Å². The summed E-state index contributed by atoms with van der Waals surface area (Å²) >= 11 is 4.26. The Morgan fingerprint density at radius 2 is 1.04 bits per heavy atom. The summed E-state index contributed by atoms with van der Waals surface area (Å²) in [5.74, 6) is -0.553. The molecular formula is C20H20I2O4. The molecular weight excluding hydrogens is 558 g/mol. The molecule has 0 N–H and O–H groups in total. The number of benzene rings is 2. The van der Waals surface area contributed by atoms with Crippen molar-refractivity contribution in [2.75, 3.05) is 13.2 Å². The molecule has 2 rings (SSSR count). The lowest BCUT2D eigenvalue weighted by Crippen LogP contribution is -2.09. The van der Waals surface area contributed by atoms with Crippen LogP contribution >= 0.6 is 45.2 Å². The Morgan fingerprint density at radius 3 is 1.42 bits per heavy atom. The number of carbonyl (C=O) groups is 2. The van der Waals surface area contributed by atoms with E-state index < -0.39 is 0 Å². The maximum Gasteiger partial charge on any atom is 0.339 e. The second kappa shape index (κ2) is 11.5. The molecule has 0 amide bonds. The van der Waals surface area contributed by atoms with E-state index in [0.717, 1.165) is 32.8 Å². The van der Waals surface area contributed by atoms with Gasteiger partial charge < -0.3 is 9.47 Å². The Labute approximate surface area is 180 Å². The van der Waals surface area contributed by atoms with Crippen molar-refractivity contribution in [3.63, 3.8) is 0 Å². The molecule has 0 radical (unpaired) electrons. The first-order valence-electron chi connectivity index (χ1n) is 8.43. The Hall–Kier alpha value is -1.16. The predicted octanol–water partition coefficient (Wildman–Crippen LogP) is 5.47. The largest absolute Gasteiger partial charge is 0.462 e. The van der Waals surface area contributed by atoms with Gasteiger partial charge in [0.15, 0.2) is 0 Å². The SMILES string of the molecule is O=C(OCCCCCCOC(=O)c1ccccc1I)c1ccccc1I. The molecule has 0 bridgehead atoms. The quantitative estimate of drug-likeness (QED) is 0.225. The third-order valence-corrected chi connectivity index (χ3v) is 5.57. The molecule has 0 saturated heterocycles. The summed E-state index contributed by atoms with van der Waals surface area (Å²) < 4.78 is 12.4. The topological polar surface area (TPSA) is 52.6 Å². The molecule has 0 aliphatic carbocycles. The number of esters is 2. The molecule has 0 saturated carbocycles. The van der Waals surface area contributed by atoms with Gasteiger partial charge in [0.25, 0.3) is 0 Å². The lowest BCUT2D eigenvalue weighted by Gasteiger charge is -2.07. The highest BCUT2D eigenvalue weighted by molar-refractivity contribution is 14.1. The fourth-order valence-electron chi connectivity index (χ4n) is 2.30. The van der Waals surface area contributed by atoms with E-state index in [1.165, 1.54) is 0 Å². The smallest absolute Gasteiger partial charge is 0.339 e. The minimum Gasteiger partial charge on any atom is -0.462 e. The van der Waals surface area contributed by atoms with Crippen molar-refractivity contribution < 1.29 is 19.1 Å². The van der Waals surface area contributed by atoms with Gasteiger partial charge in [0.1, 0.15) is 0 Å². The van der Waals surface area contributed by atoms with Gasteiger partial charge in [0.05, 0.1) is 24.3 Å². The van der Waals surface area contributed by atoms with Crippen LogP contribution in [0.1, 0.15) is 46.4 Å². The maximum absolute atomic E-state index is 12.0. The van der Waals surface area contributed by atoms with Crippen molar-refractivity contribution in [1.29, 1.82) is 0 Å². The summed E-state index contributed by atoms with van der Waals surface area (Å²) in [6.45, 7) is 0.817. The lowest BCUT2D eigenvalue weighted by molar-refractivity contribution is 0.0472. The van der Waals surface area contributed by atoms with Gasteiger partial charge in [-0.05, 0) is 95.1 Å². The highest BCUT2D eigenvalue weighted by atomic mass is 127. The zero-order valence-electron chi connectivity index (χ0n) is 14.3. The molecule has 4 nitrogen and oxygen atoms in total. The van der Waals surface area contributed by atoms with E-state index >= 15 is 0 Å². The summed E-state index contributed by atoms with van der Waals surface area (Å²) in [5.41, 5.74) is 1.21. The minimum absolute atomic E-state index is 0.276. The molecule has 26 heavy (non-hydrogen) atoms. The highest BCUT2D eigenvalue weighted by Crippen LogP contribution is 2.14. The highest BCUT2D eigenvalue weighted by Gasteiger charge is 2.11. The fourth-order valence-corrected chi connectivity index (χ4v) is 3.51. The van der Waals surface area contributed by atoms with Crippen molar-refractivity contribution in [3.8, 4) is 0 Å². The third kappa shape index (κ3) is 6.86. The number of hydrogen-bond donors (Lipinski definition) is 0. The van der Waals surface area contributed by atoms with E-state index in [1.807, 2.05) is 36.4 Å². The van der Waals surface area contributed by atoms with Gasteiger partial charge in [-0.1, -0.05) is 24.3 Å². The lowest BCUT2D eigenvalue weighted by atomic mass is 10.2. The molecule has 0 spiro atoms. The maximum atomic E-state index is 12.0. The first kappa shape index (κ1) is 21.1. The summed E-state index contributed by atoms with van der Waals surface area (Å²) in [4.78, 5) is 23.9. The van der Waals surface area contributed by atoms with Crippen LogP contribution in [0.2, 0.25) is 0 Å². The minimum atomic E-state index is -0.276. The molecule has 0 aliphatic rings. The zero-order chi connectivity index (χ0) is 18.8. The van der Waals surface area contributed by atoms with Crippen LogP contribution in [0.3, 0.4) is 0 Å². The normalized spacial score (nSPS) is 10.4. The summed E-state index contributed by atoms with van der Waals surface area (Å²) in [6.07, 6.45) is 3.47. The Morgan fingerprint density at radius 1 is 0.654 bits per heavy atom. The van der Waals surface area contributed by atoms with Gasteiger partial charge in [0, 0.05) is 7.14 Å². The Balaban J connectivity index is 1.55. The number of unbranched alkanes of at least 4 members (excludes halogenated alkanes) is 3. The van der Waals surface area contributed by atoms with Crippen LogP contribution in [0.4, 0.5) is 0 Å². The van der Waals surface area contributed by atoms with Crippen LogP contribution in [0.15, 0.2) is 48.5 Å². The van der Waals surface area contributed by atoms with Crippen LogP contribution in [0.5, 0.6) is 0 Å². The van der Waals surface area contributed by atoms with Crippen molar-refractivity contribution in [1.82, 2.24) is 0 Å². The van der Waals surface area contributed by atoms with Crippen LogP contribution < -0.4 is 0 Å². The van der Waals surface area contributed by atoms with Crippen LogP contribution in [0, 0.1) is 7.14 Å². The standard InChI is InChI=1S/C20H20I2O4/c21-17-11-5-3-9-15(17)19(23)25-13-7-1-2-8-14-26-20(24)16-10-4-6-12-18(16)22/h3-6,9-12H,1-2,7-8,13-14H2. The molecule has 0 atom stereocenters. The second-order valence-corrected chi connectivity index (χ2v) is 7.97. The van der Waals surface area contributed by atoms with E-state index in [2.05, 4.69) is 45.2 Å². The number of carbonyl (C=O) groups excluding carboxylic acids is 2. The average Bonchev–Trinajstić information content (AvgIpc) is 2.64. The van der Waals surface area contributed by atoms with Crippen LogP contribution in [0.25, 0.3) is 0 Å². The number of rotatable bonds is 9. The first-order chi connectivity index (χ1) is 12.6. The van der Waals surface area contributed by atoms with Gasteiger partial charge in [-0.25, -0.2) is 9.59 Å². The molecule has 0 unspecified atom stereocenters. The zero-order valence-corrected chi connectivity index (χ0v) is 18.6. The molecule has 2 aromatic rings. The van der Waals surface area contributed by atoms with Crippen molar-refractivity contribution >= 4 is 57.1 Å². The number of hydrogen-bond acceptors (Lipinski definition) is 4. The summed E-state index contributed by atoms with van der Waals surface area (Å²) in [5, 5.41) is 0. The summed E-state index contributed by atoms with van der Waals surface area (Å²) in [6, 6.07) is 14.8. The predicted molar refractivity (Wildman–Crippen MR) is 117 cm³/mol. The Bertz CT molecular complexity index is 683. The molecule has 0 heterocycles. The van der Waals surface area contributed by atoms with Crippen molar-refractivity contribution in [2.24, 2.45) is 0 Å². The molecule has 138 valence electrons. The van der Waals surface area contributed by atoms with E-state index in [4.69, 9.17) is 9.47 Å². The third-order valence-electron chi connectivity index (χ3n) is 3.69. The van der Waals surface area contributed by atoms with Gasteiger partial charge in [0.2, 0.25) is 0 Å². The molecule has 2 aromatic carbocycles. The molecule has 0 aliphatic heterocycles. The molecule has 0 aromatic heterocycles. The van der Waals surface area contributed by atoms with E-state index in [0.29, 0.717) is 24.3 Å². The fraction of sp³-hybridized carbons (Fsp3) is 0.300. The van der Waals surface area contributed by atoms with E-state index in [1.54, 1.807) is 12.1 Å². The van der Waals surface area contributed by atoms with Gasteiger partial charge in [-0.3, -0.25) is 0 Å². The average molecular weight is 578 g/mol. The van der Waals surface area contributed by atoms with Crippen LogP contribution in [-0.4, -0.2) is 25.2 Å². The molecule has 0 fully saturated rings. The number of halogens is 2. The van der Waals surface area contributed by atoms with Gasteiger partial charge in [-0.2, -0.15) is 0 Å².